The molecule has 0 amide bonds. The molecule has 0 fully saturated rings. The molecule has 0 saturated heterocycles. The van der Waals surface area contributed by atoms with E-state index in [4.69, 9.17) is 0 Å². The lowest BCUT2D eigenvalue weighted by molar-refractivity contribution is 0.918. The number of hydrogen-bond donors (Lipinski definition) is 0. The second-order valence-electron chi connectivity index (χ2n) is 11.4. The minimum Gasteiger partial charge on any atom is -0.0856 e. The van der Waals surface area contributed by atoms with Gasteiger partial charge < -0.3 is 0 Å². The molecular weight excluding hydrogens is 480 g/mol. The molecule has 0 aromatic heterocycles. The molecule has 0 aliphatic heterocycles. The van der Waals surface area contributed by atoms with Gasteiger partial charge in [-0.1, -0.05) is 142 Å². The summed E-state index contributed by atoms with van der Waals surface area (Å²) in [5, 5.41) is 0. The zero-order valence-electron chi connectivity index (χ0n) is 27.5. The quantitative estimate of drug-likeness (QED) is 0.128. The fraction of sp³-hybridized carbons (Fsp3) is 0.400. The van der Waals surface area contributed by atoms with Crippen LogP contribution in [0.15, 0.2) is 142 Å². The van der Waals surface area contributed by atoms with E-state index in [1.165, 1.54) is 51.0 Å². The average Bonchev–Trinajstić information content (AvgIpc) is 2.86. The molecule has 0 aromatic rings. The molecule has 218 valence electrons. The third kappa shape index (κ3) is 25.2. The Hall–Kier alpha value is -3.12. The SMILES string of the molecule is CC(C)=CCCC(C)=CC=C\C(C)=C/C=C/C(C)=C/C=C/C=C(C)/C=C/C=C(C)CCC=C(C)CCC=C(C)C. The highest BCUT2D eigenvalue weighted by Gasteiger charge is 1.91. The number of rotatable bonds is 17. The Balaban J connectivity index is 4.60. The third-order valence-corrected chi connectivity index (χ3v) is 6.24. The summed E-state index contributed by atoms with van der Waals surface area (Å²) in [6.07, 6.45) is 41.8. The fourth-order valence-corrected chi connectivity index (χ4v) is 3.65. The lowest BCUT2D eigenvalue weighted by Crippen LogP contribution is -1.80. The zero-order chi connectivity index (χ0) is 30.2. The first-order chi connectivity index (χ1) is 19.0. The summed E-state index contributed by atoms with van der Waals surface area (Å²) in [5.74, 6) is 0. The Morgan fingerprint density at radius 2 is 0.675 bits per heavy atom. The molecule has 0 radical (unpaired) electrons. The molecule has 0 heterocycles. The Morgan fingerprint density at radius 1 is 0.350 bits per heavy atom. The lowest BCUT2D eigenvalue weighted by Gasteiger charge is -2.00. The van der Waals surface area contributed by atoms with E-state index in [-0.39, 0.29) is 0 Å². The van der Waals surface area contributed by atoms with E-state index in [9.17, 15) is 0 Å². The zero-order valence-corrected chi connectivity index (χ0v) is 27.5. The topological polar surface area (TPSA) is 0 Å². The van der Waals surface area contributed by atoms with Gasteiger partial charge in [-0.2, -0.15) is 0 Å². The molecule has 40 heavy (non-hydrogen) atoms. The maximum absolute atomic E-state index is 2.39. The minimum absolute atomic E-state index is 1.11. The monoisotopic (exact) mass is 538 g/mol. The van der Waals surface area contributed by atoms with E-state index in [1.807, 2.05) is 0 Å². The van der Waals surface area contributed by atoms with E-state index in [0.29, 0.717) is 0 Å². The van der Waals surface area contributed by atoms with E-state index in [2.05, 4.69) is 166 Å². The standard InChI is InChI=1S/C40H58/c1-33(2)19-13-23-37(7)27-17-31-39(9)29-15-25-35(5)21-11-12-22-36(6)26-16-30-40(10)32-18-28-38(8)24-14-20-34(3)4/h11-12,15-17,19-22,25-31H,13-14,18,23-24,32H2,1-10H3/b12-11+,25-15+,26-16+,31-17?,35-21+,36-22+,37-27?,38-28?,39-29-,40-30?. The third-order valence-electron chi connectivity index (χ3n) is 6.24. The van der Waals surface area contributed by atoms with Crippen molar-refractivity contribution in [2.45, 2.75) is 108 Å². The lowest BCUT2D eigenvalue weighted by atomic mass is 10.1. The molecule has 0 aromatic carbocycles. The van der Waals surface area contributed by atoms with Crippen molar-refractivity contribution in [3.05, 3.63) is 142 Å². The van der Waals surface area contributed by atoms with Crippen LogP contribution in [0.3, 0.4) is 0 Å². The molecule has 0 N–H and O–H groups in total. The van der Waals surface area contributed by atoms with Crippen LogP contribution in [0.4, 0.5) is 0 Å². The fourth-order valence-electron chi connectivity index (χ4n) is 3.65. The highest BCUT2D eigenvalue weighted by Crippen LogP contribution is 2.12. The molecule has 0 saturated carbocycles. The van der Waals surface area contributed by atoms with E-state index < -0.39 is 0 Å². The maximum Gasteiger partial charge on any atom is -0.0285 e. The summed E-state index contributed by atoms with van der Waals surface area (Å²) < 4.78 is 0. The van der Waals surface area contributed by atoms with Gasteiger partial charge in [-0.25, -0.2) is 0 Å². The van der Waals surface area contributed by atoms with Crippen LogP contribution >= 0.6 is 0 Å². The Morgan fingerprint density at radius 3 is 1.07 bits per heavy atom. The highest BCUT2D eigenvalue weighted by atomic mass is 14.0. The van der Waals surface area contributed by atoms with Crippen LogP contribution in [-0.4, -0.2) is 0 Å². The molecule has 0 spiro atoms. The van der Waals surface area contributed by atoms with Crippen LogP contribution in [-0.2, 0) is 0 Å². The van der Waals surface area contributed by atoms with E-state index in [1.54, 1.807) is 0 Å². The first kappa shape index (κ1) is 36.9. The van der Waals surface area contributed by atoms with Crippen molar-refractivity contribution in [2.24, 2.45) is 0 Å². The molecule has 0 rings (SSSR count). The summed E-state index contributed by atoms with van der Waals surface area (Å²) in [6.45, 7) is 21.7. The first-order valence-corrected chi connectivity index (χ1v) is 15.0. The van der Waals surface area contributed by atoms with Gasteiger partial charge in [0.05, 0.1) is 0 Å². The largest absolute Gasteiger partial charge is 0.0856 e. The van der Waals surface area contributed by atoms with Gasteiger partial charge in [0.25, 0.3) is 0 Å². The molecule has 0 atom stereocenters. The van der Waals surface area contributed by atoms with E-state index in [0.717, 1.165) is 32.1 Å². The second-order valence-corrected chi connectivity index (χ2v) is 11.4. The van der Waals surface area contributed by atoms with Crippen LogP contribution < -0.4 is 0 Å². The summed E-state index contributed by atoms with van der Waals surface area (Å²) in [5.41, 5.74) is 10.8. The van der Waals surface area contributed by atoms with Crippen molar-refractivity contribution >= 4 is 0 Å². The number of hydrogen-bond acceptors (Lipinski definition) is 0. The van der Waals surface area contributed by atoms with Gasteiger partial charge in [-0.3, -0.25) is 0 Å². The van der Waals surface area contributed by atoms with Gasteiger partial charge in [0.15, 0.2) is 0 Å². The Kier molecular flexibility index (Phi) is 21.9. The van der Waals surface area contributed by atoms with Crippen LogP contribution in [0.2, 0.25) is 0 Å². The van der Waals surface area contributed by atoms with Crippen molar-refractivity contribution in [2.75, 3.05) is 0 Å². The minimum atomic E-state index is 1.11. The summed E-state index contributed by atoms with van der Waals surface area (Å²) in [6, 6.07) is 0. The van der Waals surface area contributed by atoms with Crippen LogP contribution in [0.5, 0.6) is 0 Å². The van der Waals surface area contributed by atoms with Crippen molar-refractivity contribution in [1.29, 1.82) is 0 Å². The average molecular weight is 539 g/mol. The van der Waals surface area contributed by atoms with Crippen molar-refractivity contribution in [1.82, 2.24) is 0 Å². The van der Waals surface area contributed by atoms with Crippen LogP contribution in [0.25, 0.3) is 0 Å². The summed E-state index contributed by atoms with van der Waals surface area (Å²) >= 11 is 0. The summed E-state index contributed by atoms with van der Waals surface area (Å²) in [4.78, 5) is 0. The molecule has 0 heteroatoms. The van der Waals surface area contributed by atoms with Crippen LogP contribution in [0.1, 0.15) is 108 Å². The van der Waals surface area contributed by atoms with Gasteiger partial charge in [-0.05, 0) is 108 Å². The van der Waals surface area contributed by atoms with Crippen molar-refractivity contribution in [3.8, 4) is 0 Å². The predicted octanol–water partition coefficient (Wildman–Crippen LogP) is 13.2. The summed E-state index contributed by atoms with van der Waals surface area (Å²) in [7, 11) is 0. The molecule has 0 unspecified atom stereocenters. The Bertz CT molecular complexity index is 1100. The second kappa shape index (κ2) is 23.7. The normalized spacial score (nSPS) is 14.8. The molecular formula is C40H58. The molecule has 0 bridgehead atoms. The highest BCUT2D eigenvalue weighted by molar-refractivity contribution is 5.31. The molecule has 0 aliphatic carbocycles. The van der Waals surface area contributed by atoms with Crippen molar-refractivity contribution in [3.63, 3.8) is 0 Å². The van der Waals surface area contributed by atoms with Crippen molar-refractivity contribution < 1.29 is 0 Å². The van der Waals surface area contributed by atoms with Gasteiger partial charge in [0, 0.05) is 0 Å². The van der Waals surface area contributed by atoms with E-state index >= 15 is 0 Å². The van der Waals surface area contributed by atoms with Gasteiger partial charge in [0.2, 0.25) is 0 Å². The first-order valence-electron chi connectivity index (χ1n) is 15.0. The molecule has 0 nitrogen and oxygen atoms in total. The Labute approximate surface area is 249 Å². The smallest absolute Gasteiger partial charge is 0.0285 e. The van der Waals surface area contributed by atoms with Gasteiger partial charge >= 0.3 is 0 Å². The maximum atomic E-state index is 2.39. The van der Waals surface area contributed by atoms with Crippen LogP contribution in [0, 0.1) is 0 Å². The van der Waals surface area contributed by atoms with Gasteiger partial charge in [0.1, 0.15) is 0 Å². The predicted molar refractivity (Wildman–Crippen MR) is 186 cm³/mol. The molecule has 0 aliphatic rings. The van der Waals surface area contributed by atoms with Gasteiger partial charge in [-0.15, -0.1) is 0 Å². The number of allylic oxidation sites excluding steroid dienone is 24.